The van der Waals surface area contributed by atoms with Crippen molar-refractivity contribution in [2.75, 3.05) is 7.11 Å². The summed E-state index contributed by atoms with van der Waals surface area (Å²) in [6.45, 7) is 1.44. The summed E-state index contributed by atoms with van der Waals surface area (Å²) in [7, 11) is 1.46. The summed E-state index contributed by atoms with van der Waals surface area (Å²) < 4.78 is 24.4. The predicted octanol–water partition coefficient (Wildman–Crippen LogP) is 4.17. The van der Waals surface area contributed by atoms with Crippen molar-refractivity contribution in [3.05, 3.63) is 63.3 Å². The topological polar surface area (TPSA) is 77.0 Å². The first-order chi connectivity index (χ1) is 13.9. The third-order valence-corrected chi connectivity index (χ3v) is 4.91. The van der Waals surface area contributed by atoms with E-state index in [-0.39, 0.29) is 28.5 Å². The molecule has 2 amide bonds. The van der Waals surface area contributed by atoms with Gasteiger partial charge in [0.1, 0.15) is 12.4 Å². The standard InChI is InChI=1S/C20H16ClFN2O4S/c1-11(25)23-20-24-19(26)17(29-20)9-13-7-15(21)18(16(8-13)27-2)28-10-12-4-3-5-14(22)6-12/h3-9H,10H2,1-2H3,(H,23,24,25,26). The first-order valence-electron chi connectivity index (χ1n) is 8.40. The predicted molar refractivity (Wildman–Crippen MR) is 111 cm³/mol. The van der Waals surface area contributed by atoms with E-state index in [1.807, 2.05) is 0 Å². The number of amidine groups is 1. The van der Waals surface area contributed by atoms with Gasteiger partial charge in [-0.2, -0.15) is 4.99 Å². The number of ether oxygens (including phenoxy) is 2. The molecule has 2 aromatic carbocycles. The third kappa shape index (κ3) is 5.36. The van der Waals surface area contributed by atoms with Gasteiger partial charge in [0, 0.05) is 6.92 Å². The molecule has 0 radical (unpaired) electrons. The molecule has 3 rings (SSSR count). The Labute approximate surface area is 175 Å². The molecule has 6 nitrogen and oxygen atoms in total. The number of hydrogen-bond donors (Lipinski definition) is 1. The van der Waals surface area contributed by atoms with E-state index < -0.39 is 5.91 Å². The smallest absolute Gasteiger partial charge is 0.286 e. The number of hydrogen-bond acceptors (Lipinski definition) is 5. The van der Waals surface area contributed by atoms with E-state index in [0.717, 1.165) is 11.8 Å². The lowest BCUT2D eigenvalue weighted by Gasteiger charge is -2.13. The van der Waals surface area contributed by atoms with Gasteiger partial charge in [-0.1, -0.05) is 23.7 Å². The molecular formula is C20H16ClFN2O4S. The fraction of sp³-hybridized carbons (Fsp3) is 0.150. The molecule has 150 valence electrons. The quantitative estimate of drug-likeness (QED) is 0.714. The van der Waals surface area contributed by atoms with Gasteiger partial charge in [-0.15, -0.1) is 0 Å². The van der Waals surface area contributed by atoms with E-state index in [1.165, 1.54) is 26.2 Å². The first kappa shape index (κ1) is 20.9. The van der Waals surface area contributed by atoms with Gasteiger partial charge in [0.25, 0.3) is 5.91 Å². The zero-order valence-electron chi connectivity index (χ0n) is 15.5. The van der Waals surface area contributed by atoms with Crippen LogP contribution in [0, 0.1) is 5.82 Å². The Kier molecular flexibility index (Phi) is 6.56. The molecule has 1 aliphatic rings. The summed E-state index contributed by atoms with van der Waals surface area (Å²) in [6.07, 6.45) is 1.59. The number of nitrogens with one attached hydrogen (secondary N) is 1. The van der Waals surface area contributed by atoms with E-state index in [1.54, 1.807) is 30.3 Å². The van der Waals surface area contributed by atoms with Crippen LogP contribution in [0.5, 0.6) is 11.5 Å². The van der Waals surface area contributed by atoms with Gasteiger partial charge in [-0.3, -0.25) is 9.59 Å². The molecule has 0 aliphatic carbocycles. The Bertz CT molecular complexity index is 1040. The van der Waals surface area contributed by atoms with E-state index in [4.69, 9.17) is 21.1 Å². The molecule has 29 heavy (non-hydrogen) atoms. The van der Waals surface area contributed by atoms with Crippen molar-refractivity contribution in [3.8, 4) is 11.5 Å². The van der Waals surface area contributed by atoms with Gasteiger partial charge >= 0.3 is 0 Å². The van der Waals surface area contributed by atoms with Gasteiger partial charge in [0.2, 0.25) is 5.91 Å². The van der Waals surface area contributed by atoms with Crippen LogP contribution >= 0.6 is 23.4 Å². The van der Waals surface area contributed by atoms with Crippen LogP contribution in [-0.2, 0) is 16.2 Å². The monoisotopic (exact) mass is 434 g/mol. The third-order valence-electron chi connectivity index (χ3n) is 3.73. The highest BCUT2D eigenvalue weighted by atomic mass is 35.5. The van der Waals surface area contributed by atoms with Crippen molar-refractivity contribution in [3.63, 3.8) is 0 Å². The van der Waals surface area contributed by atoms with Crippen molar-refractivity contribution in [1.82, 2.24) is 5.32 Å². The molecule has 0 saturated carbocycles. The van der Waals surface area contributed by atoms with Crippen LogP contribution in [0.4, 0.5) is 4.39 Å². The summed E-state index contributed by atoms with van der Waals surface area (Å²) in [6, 6.07) is 9.32. The molecule has 1 aliphatic heterocycles. The van der Waals surface area contributed by atoms with E-state index in [9.17, 15) is 14.0 Å². The summed E-state index contributed by atoms with van der Waals surface area (Å²) in [5.74, 6) is -0.457. The highest BCUT2D eigenvalue weighted by Gasteiger charge is 2.23. The number of benzene rings is 2. The molecule has 1 heterocycles. The lowest BCUT2D eigenvalue weighted by atomic mass is 10.1. The van der Waals surface area contributed by atoms with E-state index in [2.05, 4.69) is 10.3 Å². The van der Waals surface area contributed by atoms with Gasteiger partial charge in [-0.05, 0) is 53.2 Å². The van der Waals surface area contributed by atoms with Crippen LogP contribution in [0.25, 0.3) is 6.08 Å². The van der Waals surface area contributed by atoms with Crippen LogP contribution < -0.4 is 14.8 Å². The summed E-state index contributed by atoms with van der Waals surface area (Å²) >= 11 is 7.40. The average molecular weight is 435 g/mol. The molecule has 0 aromatic heterocycles. The maximum atomic E-state index is 13.3. The van der Waals surface area contributed by atoms with Gasteiger partial charge in [0.15, 0.2) is 16.7 Å². The second kappa shape index (κ2) is 9.11. The van der Waals surface area contributed by atoms with Crippen LogP contribution in [0.15, 0.2) is 46.3 Å². The normalized spacial score (nSPS) is 14.7. The largest absolute Gasteiger partial charge is 0.493 e. The fourth-order valence-corrected chi connectivity index (χ4v) is 3.64. The maximum Gasteiger partial charge on any atom is 0.286 e. The summed E-state index contributed by atoms with van der Waals surface area (Å²) in [5.41, 5.74) is 1.24. The minimum Gasteiger partial charge on any atom is -0.493 e. The number of carbonyl (C=O) groups is 2. The molecule has 2 aromatic rings. The van der Waals surface area contributed by atoms with Crippen LogP contribution in [0.3, 0.4) is 0 Å². The van der Waals surface area contributed by atoms with E-state index >= 15 is 0 Å². The average Bonchev–Trinajstić information content (AvgIpc) is 2.98. The number of thioether (sulfide) groups is 1. The van der Waals surface area contributed by atoms with Crippen molar-refractivity contribution in [1.29, 1.82) is 0 Å². The number of carbonyl (C=O) groups excluding carboxylic acids is 2. The van der Waals surface area contributed by atoms with Crippen LogP contribution in [-0.4, -0.2) is 24.1 Å². The number of halogens is 2. The van der Waals surface area contributed by atoms with Gasteiger partial charge in [0.05, 0.1) is 17.0 Å². The maximum absolute atomic E-state index is 13.3. The Balaban J connectivity index is 1.80. The summed E-state index contributed by atoms with van der Waals surface area (Å²) in [4.78, 5) is 27.2. The second-order valence-electron chi connectivity index (χ2n) is 5.97. The number of aliphatic imine (C=N–C) groups is 1. The SMILES string of the molecule is COc1cc(C=C2SC(NC(C)=O)=NC2=O)cc(Cl)c1OCc1cccc(F)c1. The molecule has 0 unspecified atom stereocenters. The first-order valence-corrected chi connectivity index (χ1v) is 9.60. The fourth-order valence-electron chi connectivity index (χ4n) is 2.51. The molecule has 0 bridgehead atoms. The highest BCUT2D eigenvalue weighted by Crippen LogP contribution is 2.38. The molecule has 0 fully saturated rings. The second-order valence-corrected chi connectivity index (χ2v) is 7.40. The van der Waals surface area contributed by atoms with Crippen molar-refractivity contribution >= 4 is 46.4 Å². The lowest BCUT2D eigenvalue weighted by molar-refractivity contribution is -0.117. The summed E-state index contributed by atoms with van der Waals surface area (Å²) in [5, 5.41) is 2.98. The number of rotatable bonds is 5. The van der Waals surface area contributed by atoms with Crippen molar-refractivity contribution in [2.24, 2.45) is 4.99 Å². The highest BCUT2D eigenvalue weighted by molar-refractivity contribution is 8.18. The molecule has 0 atom stereocenters. The molecule has 0 spiro atoms. The lowest BCUT2D eigenvalue weighted by Crippen LogP contribution is -2.23. The van der Waals surface area contributed by atoms with Gasteiger partial charge < -0.3 is 14.8 Å². The number of nitrogens with zero attached hydrogens (tertiary/aromatic N) is 1. The Hall–Kier alpha value is -2.84. The molecular weight excluding hydrogens is 419 g/mol. The molecule has 9 heteroatoms. The zero-order chi connectivity index (χ0) is 21.0. The van der Waals surface area contributed by atoms with Crippen LogP contribution in [0.1, 0.15) is 18.1 Å². The minimum absolute atomic E-state index is 0.108. The number of methoxy groups -OCH3 is 1. The Morgan fingerprint density at radius 3 is 2.83 bits per heavy atom. The Morgan fingerprint density at radius 2 is 2.14 bits per heavy atom. The van der Waals surface area contributed by atoms with Gasteiger partial charge in [-0.25, -0.2) is 4.39 Å². The molecule has 1 N–H and O–H groups in total. The van der Waals surface area contributed by atoms with E-state index in [0.29, 0.717) is 27.5 Å². The Morgan fingerprint density at radius 1 is 1.34 bits per heavy atom. The van der Waals surface area contributed by atoms with Crippen molar-refractivity contribution < 1.29 is 23.5 Å². The van der Waals surface area contributed by atoms with Crippen LogP contribution in [0.2, 0.25) is 5.02 Å². The minimum atomic E-state index is -0.458. The number of amides is 2. The molecule has 0 saturated heterocycles. The zero-order valence-corrected chi connectivity index (χ0v) is 17.1. The van der Waals surface area contributed by atoms with Crippen molar-refractivity contribution in [2.45, 2.75) is 13.5 Å².